The molecule has 0 saturated carbocycles. The van der Waals surface area contributed by atoms with Crippen molar-refractivity contribution in [3.63, 3.8) is 0 Å². The maximum atomic E-state index is 13.1. The molecular formula is C31H29BrN4O3S. The van der Waals surface area contributed by atoms with Crippen LogP contribution in [0, 0.1) is 5.92 Å². The Kier molecular flexibility index (Phi) is 9.88. The fraction of sp³-hybridized carbons (Fsp3) is 0.129. The number of hydrogen-bond donors (Lipinski definition) is 4. The van der Waals surface area contributed by atoms with Crippen LogP contribution in [0.4, 0.5) is 22.7 Å². The van der Waals surface area contributed by atoms with Crippen LogP contribution in [0.25, 0.3) is 0 Å². The molecule has 2 amide bonds. The molecule has 0 fully saturated rings. The van der Waals surface area contributed by atoms with Crippen molar-refractivity contribution in [1.82, 2.24) is 5.32 Å². The van der Waals surface area contributed by atoms with Crippen molar-refractivity contribution in [2.24, 2.45) is 5.92 Å². The summed E-state index contributed by atoms with van der Waals surface area (Å²) in [6.07, 6.45) is 0. The predicted molar refractivity (Wildman–Crippen MR) is 169 cm³/mol. The van der Waals surface area contributed by atoms with Gasteiger partial charge in [-0.25, -0.2) is 0 Å². The molecule has 4 rings (SSSR count). The number of ether oxygens (including phenoxy) is 1. The number of nitrogens with one attached hydrogen (secondary N) is 4. The summed E-state index contributed by atoms with van der Waals surface area (Å²) >= 11 is 8.81. The Morgan fingerprint density at radius 1 is 0.775 bits per heavy atom. The second-order valence-corrected chi connectivity index (χ2v) is 10.6. The van der Waals surface area contributed by atoms with E-state index in [9.17, 15) is 9.59 Å². The fourth-order valence-corrected chi connectivity index (χ4v) is 4.26. The van der Waals surface area contributed by atoms with Crippen LogP contribution >= 0.6 is 28.1 Å². The zero-order chi connectivity index (χ0) is 28.5. The van der Waals surface area contributed by atoms with Gasteiger partial charge in [0.25, 0.3) is 11.8 Å². The standard InChI is InChI=1S/C31H29BrN4O3S/c1-20(2)19-39-28-17-12-21(32)18-26(28)30(38)36-31(40)35-27-11-7-6-10-25(27)29(37)34-24-15-13-23(14-16-24)33-22-8-4-3-5-9-22/h3-18,20,33H,19H2,1-2H3,(H,34,37)(H2,35,36,38,40). The molecule has 0 saturated heterocycles. The van der Waals surface area contributed by atoms with Crippen LogP contribution in [0.1, 0.15) is 34.6 Å². The summed E-state index contributed by atoms with van der Waals surface area (Å²) in [7, 11) is 0. The summed E-state index contributed by atoms with van der Waals surface area (Å²) in [6, 6.07) is 29.4. The highest BCUT2D eigenvalue weighted by molar-refractivity contribution is 9.10. The highest BCUT2D eigenvalue weighted by atomic mass is 79.9. The molecule has 0 aliphatic rings. The quantitative estimate of drug-likeness (QED) is 0.145. The number of carbonyl (C=O) groups is 2. The molecule has 0 radical (unpaired) electrons. The SMILES string of the molecule is CC(C)COc1ccc(Br)cc1C(=O)NC(=S)Nc1ccccc1C(=O)Nc1ccc(Nc2ccccc2)cc1. The lowest BCUT2D eigenvalue weighted by molar-refractivity contribution is 0.0971. The van der Waals surface area contributed by atoms with E-state index < -0.39 is 5.91 Å². The fourth-order valence-electron chi connectivity index (χ4n) is 3.70. The van der Waals surface area contributed by atoms with Crippen molar-refractivity contribution in [2.75, 3.05) is 22.6 Å². The second-order valence-electron chi connectivity index (χ2n) is 9.32. The van der Waals surface area contributed by atoms with Gasteiger partial charge in [0.15, 0.2) is 5.11 Å². The van der Waals surface area contributed by atoms with Crippen LogP contribution in [-0.4, -0.2) is 23.5 Å². The van der Waals surface area contributed by atoms with Crippen LogP contribution < -0.4 is 26.0 Å². The molecule has 0 bridgehead atoms. The predicted octanol–water partition coefficient (Wildman–Crippen LogP) is 7.61. The van der Waals surface area contributed by atoms with Gasteiger partial charge in [-0.3, -0.25) is 14.9 Å². The van der Waals surface area contributed by atoms with E-state index in [1.54, 1.807) is 36.4 Å². The van der Waals surface area contributed by atoms with Gasteiger partial charge in [0.05, 0.1) is 23.4 Å². The van der Waals surface area contributed by atoms with Crippen LogP contribution in [0.15, 0.2) is 102 Å². The number of carbonyl (C=O) groups excluding carboxylic acids is 2. The molecule has 4 aromatic carbocycles. The van der Waals surface area contributed by atoms with E-state index in [2.05, 4.69) is 37.2 Å². The molecule has 0 aliphatic heterocycles. The number of benzene rings is 4. The molecule has 7 nitrogen and oxygen atoms in total. The van der Waals surface area contributed by atoms with Gasteiger partial charge >= 0.3 is 0 Å². The zero-order valence-electron chi connectivity index (χ0n) is 22.0. The molecule has 204 valence electrons. The average molecular weight is 618 g/mol. The Labute approximate surface area is 247 Å². The highest BCUT2D eigenvalue weighted by Gasteiger charge is 2.17. The normalized spacial score (nSPS) is 10.5. The summed E-state index contributed by atoms with van der Waals surface area (Å²) in [5.41, 5.74) is 3.68. The first-order chi connectivity index (χ1) is 19.3. The van der Waals surface area contributed by atoms with Crippen LogP contribution in [0.3, 0.4) is 0 Å². The van der Waals surface area contributed by atoms with E-state index >= 15 is 0 Å². The highest BCUT2D eigenvalue weighted by Crippen LogP contribution is 2.25. The average Bonchev–Trinajstić information content (AvgIpc) is 2.94. The first-order valence-corrected chi connectivity index (χ1v) is 13.9. The third-order valence-electron chi connectivity index (χ3n) is 5.61. The molecular weight excluding hydrogens is 588 g/mol. The Hall–Kier alpha value is -4.21. The maximum absolute atomic E-state index is 13.1. The number of hydrogen-bond acceptors (Lipinski definition) is 5. The largest absolute Gasteiger partial charge is 0.492 e. The summed E-state index contributed by atoms with van der Waals surface area (Å²) in [5.74, 6) is 0.0110. The van der Waals surface area contributed by atoms with Crippen molar-refractivity contribution in [1.29, 1.82) is 0 Å². The third-order valence-corrected chi connectivity index (χ3v) is 6.31. The van der Waals surface area contributed by atoms with E-state index in [0.29, 0.717) is 40.8 Å². The minimum Gasteiger partial charge on any atom is -0.492 e. The van der Waals surface area contributed by atoms with Gasteiger partial charge in [0.2, 0.25) is 0 Å². The first-order valence-electron chi connectivity index (χ1n) is 12.7. The van der Waals surface area contributed by atoms with Gasteiger partial charge in [0, 0.05) is 21.5 Å². The van der Waals surface area contributed by atoms with E-state index in [-0.39, 0.29) is 11.0 Å². The molecule has 9 heteroatoms. The second kappa shape index (κ2) is 13.7. The van der Waals surface area contributed by atoms with Crippen LogP contribution in [0.2, 0.25) is 0 Å². The third kappa shape index (κ3) is 8.14. The molecule has 0 aromatic heterocycles. The number of para-hydroxylation sites is 2. The lowest BCUT2D eigenvalue weighted by Gasteiger charge is -2.16. The minimum absolute atomic E-state index is 0.0522. The van der Waals surface area contributed by atoms with Crippen LogP contribution in [-0.2, 0) is 0 Å². The molecule has 0 aliphatic carbocycles. The monoisotopic (exact) mass is 616 g/mol. The van der Waals surface area contributed by atoms with Crippen molar-refractivity contribution < 1.29 is 14.3 Å². The number of halogens is 1. The molecule has 40 heavy (non-hydrogen) atoms. The molecule has 4 aromatic rings. The zero-order valence-corrected chi connectivity index (χ0v) is 24.4. The summed E-state index contributed by atoms with van der Waals surface area (Å²) in [6.45, 7) is 4.53. The van der Waals surface area contributed by atoms with Gasteiger partial charge in [-0.05, 0) is 84.9 Å². The summed E-state index contributed by atoms with van der Waals surface area (Å²) in [5, 5.41) is 11.9. The number of anilines is 4. The van der Waals surface area contributed by atoms with E-state index in [4.69, 9.17) is 17.0 Å². The van der Waals surface area contributed by atoms with E-state index in [1.807, 2.05) is 74.5 Å². The number of thiocarbonyl (C=S) groups is 1. The first kappa shape index (κ1) is 28.8. The lowest BCUT2D eigenvalue weighted by atomic mass is 10.1. The van der Waals surface area contributed by atoms with E-state index in [0.717, 1.165) is 15.8 Å². The smallest absolute Gasteiger partial charge is 0.261 e. The Morgan fingerprint density at radius 2 is 1.43 bits per heavy atom. The maximum Gasteiger partial charge on any atom is 0.261 e. The molecule has 4 N–H and O–H groups in total. The molecule has 0 unspecified atom stereocenters. The molecule has 0 atom stereocenters. The van der Waals surface area contributed by atoms with Crippen molar-refractivity contribution in [2.45, 2.75) is 13.8 Å². The topological polar surface area (TPSA) is 91.5 Å². The molecule has 0 heterocycles. The minimum atomic E-state index is -0.427. The lowest BCUT2D eigenvalue weighted by Crippen LogP contribution is -2.35. The van der Waals surface area contributed by atoms with Crippen molar-refractivity contribution in [3.8, 4) is 5.75 Å². The van der Waals surface area contributed by atoms with Gasteiger partial charge < -0.3 is 20.7 Å². The summed E-state index contributed by atoms with van der Waals surface area (Å²) in [4.78, 5) is 26.2. The van der Waals surface area contributed by atoms with E-state index in [1.165, 1.54) is 0 Å². The Morgan fingerprint density at radius 3 is 2.15 bits per heavy atom. The van der Waals surface area contributed by atoms with Gasteiger partial charge in [-0.1, -0.05) is 60.1 Å². The van der Waals surface area contributed by atoms with Crippen molar-refractivity contribution >= 4 is 67.8 Å². The van der Waals surface area contributed by atoms with Crippen LogP contribution in [0.5, 0.6) is 5.75 Å². The Balaban J connectivity index is 1.40. The van der Waals surface area contributed by atoms with Crippen molar-refractivity contribution in [3.05, 3.63) is 113 Å². The number of rotatable bonds is 9. The van der Waals surface area contributed by atoms with Gasteiger partial charge in [0.1, 0.15) is 5.75 Å². The molecule has 0 spiro atoms. The summed E-state index contributed by atoms with van der Waals surface area (Å²) < 4.78 is 6.55. The van der Waals surface area contributed by atoms with Gasteiger partial charge in [-0.2, -0.15) is 0 Å². The van der Waals surface area contributed by atoms with Gasteiger partial charge in [-0.15, -0.1) is 0 Å². The Bertz CT molecular complexity index is 1490. The number of amides is 2.